The van der Waals surface area contributed by atoms with Gasteiger partial charge in [0.1, 0.15) is 16.9 Å². The van der Waals surface area contributed by atoms with E-state index in [4.69, 9.17) is 0 Å². The van der Waals surface area contributed by atoms with Crippen molar-refractivity contribution in [1.82, 2.24) is 30.7 Å². The second-order valence-electron chi connectivity index (χ2n) is 8.62. The molecule has 2 bridgehead atoms. The number of alkyl halides is 1. The summed E-state index contributed by atoms with van der Waals surface area (Å²) >= 11 is 1.51. The Balaban J connectivity index is 1.35. The summed E-state index contributed by atoms with van der Waals surface area (Å²) in [4.78, 5) is 6.26. The largest absolute Gasteiger partial charge is 0.507 e. The van der Waals surface area contributed by atoms with E-state index in [9.17, 15) is 5.11 Å². The molecular formula is C23H26FN7OS. The van der Waals surface area contributed by atoms with Crippen molar-refractivity contribution in [1.29, 1.82) is 0 Å². The summed E-state index contributed by atoms with van der Waals surface area (Å²) in [6, 6.07) is 7.21. The molecule has 172 valence electrons. The molecule has 0 aliphatic carbocycles. The highest BCUT2D eigenvalue weighted by molar-refractivity contribution is 7.98. The number of rotatable bonds is 5. The molecule has 4 atom stereocenters. The average molecular weight is 468 g/mol. The van der Waals surface area contributed by atoms with E-state index < -0.39 is 6.17 Å². The Kier molecular flexibility index (Phi) is 6.11. The molecule has 2 aromatic heterocycles. The van der Waals surface area contributed by atoms with Crippen LogP contribution in [0.15, 0.2) is 41.7 Å². The van der Waals surface area contributed by atoms with Gasteiger partial charge in [0, 0.05) is 24.7 Å². The van der Waals surface area contributed by atoms with Gasteiger partial charge in [-0.05, 0) is 49.3 Å². The first-order valence-electron chi connectivity index (χ1n) is 11.1. The molecule has 3 aromatic rings. The van der Waals surface area contributed by atoms with Crippen LogP contribution in [0.3, 0.4) is 0 Å². The van der Waals surface area contributed by atoms with Crippen molar-refractivity contribution < 1.29 is 9.50 Å². The van der Waals surface area contributed by atoms with Crippen LogP contribution in [-0.4, -0.2) is 68.1 Å². The molecule has 33 heavy (non-hydrogen) atoms. The van der Waals surface area contributed by atoms with Crippen molar-refractivity contribution in [3.63, 3.8) is 0 Å². The highest BCUT2D eigenvalue weighted by Gasteiger charge is 2.42. The summed E-state index contributed by atoms with van der Waals surface area (Å²) in [6.07, 6.45) is 8.00. The number of aromatic hydroxyl groups is 1. The summed E-state index contributed by atoms with van der Waals surface area (Å²) in [7, 11) is 1.85. The fourth-order valence-electron chi connectivity index (χ4n) is 4.78. The lowest BCUT2D eigenvalue weighted by molar-refractivity contribution is 0.107. The van der Waals surface area contributed by atoms with E-state index in [2.05, 4.69) is 30.7 Å². The minimum absolute atomic E-state index is 0.0490. The number of phenolic OH excluding ortho intramolecular Hbond substituents is 1. The maximum absolute atomic E-state index is 15.1. The zero-order valence-electron chi connectivity index (χ0n) is 18.5. The van der Waals surface area contributed by atoms with E-state index in [0.29, 0.717) is 23.2 Å². The molecule has 0 radical (unpaired) electrons. The van der Waals surface area contributed by atoms with E-state index in [0.717, 1.165) is 41.8 Å². The van der Waals surface area contributed by atoms with E-state index >= 15 is 4.39 Å². The standard InChI is InChI=1S/C23H26FN7OS/c1-31(18-10-15-4-3-5-17(27-15)22(18)24)20-12-25-23(30-28-20)16-7-6-13(8-19(16)32)14-9-21(33-2)29-26-11-14/h6-9,11-12,15,17-18,22,27,32H,3-5,10H2,1-2H3/t15-,17+,18+,22-/m0/s1. The summed E-state index contributed by atoms with van der Waals surface area (Å²) < 4.78 is 15.1. The molecule has 0 amide bonds. The topological polar surface area (TPSA) is 100.0 Å². The van der Waals surface area contributed by atoms with Crippen LogP contribution in [0.25, 0.3) is 22.5 Å². The Bertz CT molecular complexity index is 1130. The van der Waals surface area contributed by atoms with Gasteiger partial charge in [0.2, 0.25) is 0 Å². The number of hydrogen-bond acceptors (Lipinski definition) is 9. The lowest BCUT2D eigenvalue weighted by Gasteiger charge is -2.45. The van der Waals surface area contributed by atoms with Gasteiger partial charge >= 0.3 is 0 Å². The van der Waals surface area contributed by atoms with Crippen LogP contribution in [0.4, 0.5) is 10.2 Å². The third-order valence-corrected chi connectivity index (χ3v) is 7.23. The number of benzene rings is 1. The Morgan fingerprint density at radius 3 is 2.76 bits per heavy atom. The fourth-order valence-corrected chi connectivity index (χ4v) is 5.15. The van der Waals surface area contributed by atoms with Crippen molar-refractivity contribution >= 4 is 17.6 Å². The molecular weight excluding hydrogens is 441 g/mol. The molecule has 0 saturated carbocycles. The summed E-state index contributed by atoms with van der Waals surface area (Å²) in [5.41, 5.74) is 2.16. The molecule has 4 heterocycles. The van der Waals surface area contributed by atoms with Gasteiger partial charge in [-0.3, -0.25) is 0 Å². The van der Waals surface area contributed by atoms with E-state index in [1.165, 1.54) is 11.8 Å². The maximum Gasteiger partial charge on any atom is 0.185 e. The van der Waals surface area contributed by atoms with Gasteiger partial charge in [-0.25, -0.2) is 9.37 Å². The smallest absolute Gasteiger partial charge is 0.185 e. The second kappa shape index (κ2) is 9.18. The first-order valence-corrected chi connectivity index (χ1v) is 12.3. The number of nitrogens with zero attached hydrogens (tertiary/aromatic N) is 6. The lowest BCUT2D eigenvalue weighted by Crippen LogP contribution is -2.61. The van der Waals surface area contributed by atoms with Crippen LogP contribution in [0, 0.1) is 0 Å². The summed E-state index contributed by atoms with van der Waals surface area (Å²) in [6.45, 7) is 0. The van der Waals surface area contributed by atoms with Crippen molar-refractivity contribution in [3.05, 3.63) is 36.7 Å². The molecule has 8 nitrogen and oxygen atoms in total. The molecule has 2 aliphatic heterocycles. The van der Waals surface area contributed by atoms with E-state index in [-0.39, 0.29) is 17.8 Å². The fraction of sp³-hybridized carbons (Fsp3) is 0.435. The van der Waals surface area contributed by atoms with Crippen LogP contribution in [0.5, 0.6) is 5.75 Å². The Labute approximate surface area is 196 Å². The monoisotopic (exact) mass is 467 g/mol. The number of aromatic nitrogens is 5. The zero-order valence-corrected chi connectivity index (χ0v) is 19.3. The van der Waals surface area contributed by atoms with E-state index in [1.807, 2.05) is 30.3 Å². The summed E-state index contributed by atoms with van der Waals surface area (Å²) in [5, 5.41) is 31.4. The molecule has 1 aromatic carbocycles. The van der Waals surface area contributed by atoms with Crippen LogP contribution in [0.1, 0.15) is 25.7 Å². The van der Waals surface area contributed by atoms with Crippen LogP contribution >= 0.6 is 11.8 Å². The Hall–Kier alpha value is -2.85. The number of piperidine rings is 2. The van der Waals surface area contributed by atoms with Crippen LogP contribution in [-0.2, 0) is 0 Å². The molecule has 2 aliphatic rings. The molecule has 2 fully saturated rings. The van der Waals surface area contributed by atoms with Gasteiger partial charge in [-0.2, -0.15) is 5.10 Å². The van der Waals surface area contributed by atoms with Crippen molar-refractivity contribution in [3.8, 4) is 28.3 Å². The third-order valence-electron chi connectivity index (χ3n) is 6.62. The number of anilines is 1. The molecule has 5 rings (SSSR count). The van der Waals surface area contributed by atoms with Gasteiger partial charge in [0.05, 0.1) is 24.0 Å². The molecule has 2 saturated heterocycles. The van der Waals surface area contributed by atoms with Crippen molar-refractivity contribution in [2.24, 2.45) is 0 Å². The SMILES string of the molecule is CSc1cc(-c2ccc(-c3ncc(N(C)[C@@H]4C[C@@H]5CCC[C@@H](N5)[C@@H]4F)nn3)c(O)c2)cnn1. The number of halogens is 1. The summed E-state index contributed by atoms with van der Waals surface area (Å²) in [5.74, 6) is 0.885. The van der Waals surface area contributed by atoms with E-state index in [1.54, 1.807) is 24.5 Å². The molecule has 2 N–H and O–H groups in total. The van der Waals surface area contributed by atoms with Crippen LogP contribution in [0.2, 0.25) is 0 Å². The van der Waals surface area contributed by atoms with Gasteiger partial charge in [0.25, 0.3) is 0 Å². The average Bonchev–Trinajstić information content (AvgIpc) is 2.86. The highest BCUT2D eigenvalue weighted by Crippen LogP contribution is 2.34. The number of fused-ring (bicyclic) bond motifs is 2. The first kappa shape index (κ1) is 22.0. The quantitative estimate of drug-likeness (QED) is 0.546. The second-order valence-corrected chi connectivity index (χ2v) is 9.44. The minimum atomic E-state index is -0.959. The Morgan fingerprint density at radius 2 is 2.00 bits per heavy atom. The van der Waals surface area contributed by atoms with Gasteiger partial charge in [-0.1, -0.05) is 12.5 Å². The predicted molar refractivity (Wildman–Crippen MR) is 126 cm³/mol. The van der Waals surface area contributed by atoms with Crippen LogP contribution < -0.4 is 10.2 Å². The molecule has 0 spiro atoms. The predicted octanol–water partition coefficient (Wildman–Crippen LogP) is 3.48. The molecule has 0 unspecified atom stereocenters. The molecule has 10 heteroatoms. The Morgan fingerprint density at radius 1 is 1.12 bits per heavy atom. The number of thioether (sulfide) groups is 1. The van der Waals surface area contributed by atoms with Crippen molar-refractivity contribution in [2.75, 3.05) is 18.2 Å². The van der Waals surface area contributed by atoms with Gasteiger partial charge < -0.3 is 15.3 Å². The first-order chi connectivity index (χ1) is 16.0. The number of nitrogens with one attached hydrogen (secondary N) is 1. The minimum Gasteiger partial charge on any atom is -0.507 e. The normalized spacial score (nSPS) is 24.5. The number of phenols is 1. The highest BCUT2D eigenvalue weighted by atomic mass is 32.2. The van der Waals surface area contributed by atoms with Crippen molar-refractivity contribution in [2.45, 2.75) is 55.0 Å². The maximum atomic E-state index is 15.1. The third kappa shape index (κ3) is 4.37. The lowest BCUT2D eigenvalue weighted by atomic mass is 9.82. The number of hydrogen-bond donors (Lipinski definition) is 2. The van der Waals surface area contributed by atoms with Gasteiger partial charge in [0.15, 0.2) is 11.6 Å². The zero-order chi connectivity index (χ0) is 22.9. The van der Waals surface area contributed by atoms with Gasteiger partial charge in [-0.15, -0.1) is 27.1 Å².